The third-order valence-corrected chi connectivity index (χ3v) is 3.27. The van der Waals surface area contributed by atoms with E-state index in [0.717, 1.165) is 18.8 Å². The van der Waals surface area contributed by atoms with Crippen molar-refractivity contribution in [3.05, 3.63) is 30.3 Å². The maximum atomic E-state index is 11.9. The van der Waals surface area contributed by atoms with Gasteiger partial charge < -0.3 is 15.4 Å². The standard InChI is InChI=1S/C14H20N2O2/c1-11-9-15-10-13(11)14(17)16-7-8-18-12-5-3-2-4-6-12/h2-6,11,13,15H,7-10H2,1H3,(H,16,17). The zero-order valence-corrected chi connectivity index (χ0v) is 10.7. The molecule has 4 nitrogen and oxygen atoms in total. The third kappa shape index (κ3) is 3.47. The van der Waals surface area contributed by atoms with E-state index in [1.165, 1.54) is 0 Å². The Balaban J connectivity index is 1.65. The summed E-state index contributed by atoms with van der Waals surface area (Å²) in [6.45, 7) is 4.87. The minimum absolute atomic E-state index is 0.0988. The Kier molecular flexibility index (Phi) is 4.59. The number of nitrogens with one attached hydrogen (secondary N) is 2. The number of para-hydroxylation sites is 1. The summed E-state index contributed by atoms with van der Waals surface area (Å²) in [7, 11) is 0. The van der Waals surface area contributed by atoms with Gasteiger partial charge in [0.05, 0.1) is 12.5 Å². The van der Waals surface area contributed by atoms with Crippen LogP contribution in [0.4, 0.5) is 0 Å². The van der Waals surface area contributed by atoms with Crippen LogP contribution in [0.15, 0.2) is 30.3 Å². The highest BCUT2D eigenvalue weighted by molar-refractivity contribution is 5.79. The van der Waals surface area contributed by atoms with Gasteiger partial charge in [-0.05, 0) is 24.6 Å². The van der Waals surface area contributed by atoms with Crippen molar-refractivity contribution in [2.45, 2.75) is 6.92 Å². The number of hydrogen-bond donors (Lipinski definition) is 2. The SMILES string of the molecule is CC1CNCC1C(=O)NCCOc1ccccc1. The van der Waals surface area contributed by atoms with Crippen LogP contribution in [0.1, 0.15) is 6.92 Å². The highest BCUT2D eigenvalue weighted by atomic mass is 16.5. The van der Waals surface area contributed by atoms with E-state index < -0.39 is 0 Å². The fourth-order valence-corrected chi connectivity index (χ4v) is 2.15. The molecule has 0 saturated carbocycles. The minimum Gasteiger partial charge on any atom is -0.492 e. The minimum atomic E-state index is 0.0988. The van der Waals surface area contributed by atoms with Crippen molar-refractivity contribution in [2.24, 2.45) is 11.8 Å². The second-order valence-corrected chi connectivity index (χ2v) is 4.69. The van der Waals surface area contributed by atoms with Gasteiger partial charge in [-0.1, -0.05) is 25.1 Å². The predicted octanol–water partition coefficient (Wildman–Crippen LogP) is 1.04. The Labute approximate surface area is 108 Å². The van der Waals surface area contributed by atoms with Gasteiger partial charge in [-0.15, -0.1) is 0 Å². The molecule has 0 radical (unpaired) electrons. The van der Waals surface area contributed by atoms with Gasteiger partial charge in [0.25, 0.3) is 0 Å². The van der Waals surface area contributed by atoms with E-state index in [1.54, 1.807) is 0 Å². The van der Waals surface area contributed by atoms with E-state index in [9.17, 15) is 4.79 Å². The molecule has 2 rings (SSSR count). The molecule has 0 aliphatic carbocycles. The summed E-state index contributed by atoms with van der Waals surface area (Å²) >= 11 is 0. The molecule has 1 saturated heterocycles. The fourth-order valence-electron chi connectivity index (χ4n) is 2.15. The molecule has 1 fully saturated rings. The van der Waals surface area contributed by atoms with Crippen molar-refractivity contribution in [3.8, 4) is 5.75 Å². The lowest BCUT2D eigenvalue weighted by Gasteiger charge is -2.14. The molecule has 0 bridgehead atoms. The second-order valence-electron chi connectivity index (χ2n) is 4.69. The first-order chi connectivity index (χ1) is 8.77. The number of amides is 1. The van der Waals surface area contributed by atoms with Gasteiger partial charge in [0, 0.05) is 6.54 Å². The lowest BCUT2D eigenvalue weighted by Crippen LogP contribution is -2.36. The van der Waals surface area contributed by atoms with Gasteiger partial charge in [-0.3, -0.25) is 4.79 Å². The zero-order chi connectivity index (χ0) is 12.8. The first-order valence-electron chi connectivity index (χ1n) is 6.43. The molecule has 1 aromatic rings. The van der Waals surface area contributed by atoms with Crippen LogP contribution in [-0.2, 0) is 4.79 Å². The summed E-state index contributed by atoms with van der Waals surface area (Å²) in [5, 5.41) is 6.15. The Morgan fingerprint density at radius 1 is 1.39 bits per heavy atom. The van der Waals surface area contributed by atoms with Crippen molar-refractivity contribution in [1.29, 1.82) is 0 Å². The van der Waals surface area contributed by atoms with E-state index in [1.807, 2.05) is 30.3 Å². The maximum Gasteiger partial charge on any atom is 0.224 e. The second kappa shape index (κ2) is 6.40. The van der Waals surface area contributed by atoms with Gasteiger partial charge in [-0.2, -0.15) is 0 Å². The maximum absolute atomic E-state index is 11.9. The van der Waals surface area contributed by atoms with Crippen LogP contribution in [0.25, 0.3) is 0 Å². The number of carbonyl (C=O) groups excluding carboxylic acids is 1. The molecule has 2 atom stereocenters. The molecule has 1 aromatic carbocycles. The molecule has 1 aliphatic heterocycles. The van der Waals surface area contributed by atoms with Gasteiger partial charge in [0.1, 0.15) is 12.4 Å². The molecule has 2 N–H and O–H groups in total. The summed E-state index contributed by atoms with van der Waals surface area (Å²) in [6.07, 6.45) is 0. The van der Waals surface area contributed by atoms with E-state index in [-0.39, 0.29) is 11.8 Å². The number of rotatable bonds is 5. The number of carbonyl (C=O) groups is 1. The van der Waals surface area contributed by atoms with E-state index in [0.29, 0.717) is 19.1 Å². The van der Waals surface area contributed by atoms with Crippen molar-refractivity contribution in [2.75, 3.05) is 26.2 Å². The van der Waals surface area contributed by atoms with Gasteiger partial charge in [-0.25, -0.2) is 0 Å². The average Bonchev–Trinajstić information content (AvgIpc) is 2.82. The van der Waals surface area contributed by atoms with Crippen LogP contribution in [0.2, 0.25) is 0 Å². The fraction of sp³-hybridized carbons (Fsp3) is 0.500. The molecule has 0 aromatic heterocycles. The molecule has 1 heterocycles. The predicted molar refractivity (Wildman–Crippen MR) is 70.5 cm³/mol. The summed E-state index contributed by atoms with van der Waals surface area (Å²) in [4.78, 5) is 11.9. The summed E-state index contributed by atoms with van der Waals surface area (Å²) in [5.74, 6) is 1.48. The Hall–Kier alpha value is -1.55. The van der Waals surface area contributed by atoms with Crippen molar-refractivity contribution in [3.63, 3.8) is 0 Å². The number of ether oxygens (including phenoxy) is 1. The lowest BCUT2D eigenvalue weighted by atomic mass is 9.97. The third-order valence-electron chi connectivity index (χ3n) is 3.27. The Morgan fingerprint density at radius 2 is 2.17 bits per heavy atom. The van der Waals surface area contributed by atoms with Gasteiger partial charge in [0.2, 0.25) is 5.91 Å². The monoisotopic (exact) mass is 248 g/mol. The van der Waals surface area contributed by atoms with Crippen LogP contribution >= 0.6 is 0 Å². The highest BCUT2D eigenvalue weighted by Gasteiger charge is 2.28. The molecule has 18 heavy (non-hydrogen) atoms. The van der Waals surface area contributed by atoms with Crippen LogP contribution < -0.4 is 15.4 Å². The van der Waals surface area contributed by atoms with Crippen LogP contribution in [-0.4, -0.2) is 32.1 Å². The highest BCUT2D eigenvalue weighted by Crippen LogP contribution is 2.15. The normalized spacial score (nSPS) is 22.7. The van der Waals surface area contributed by atoms with Crippen molar-refractivity contribution in [1.82, 2.24) is 10.6 Å². The molecular formula is C14H20N2O2. The Bertz CT molecular complexity index is 381. The molecule has 2 unspecified atom stereocenters. The zero-order valence-electron chi connectivity index (χ0n) is 10.7. The number of benzene rings is 1. The van der Waals surface area contributed by atoms with E-state index in [2.05, 4.69) is 17.6 Å². The molecule has 98 valence electrons. The average molecular weight is 248 g/mol. The van der Waals surface area contributed by atoms with E-state index >= 15 is 0 Å². The molecular weight excluding hydrogens is 228 g/mol. The summed E-state index contributed by atoms with van der Waals surface area (Å²) in [6, 6.07) is 9.62. The van der Waals surface area contributed by atoms with Crippen LogP contribution in [0, 0.1) is 11.8 Å². The van der Waals surface area contributed by atoms with Gasteiger partial charge >= 0.3 is 0 Å². The smallest absolute Gasteiger partial charge is 0.224 e. The molecule has 1 aliphatic rings. The quantitative estimate of drug-likeness (QED) is 0.765. The lowest BCUT2D eigenvalue weighted by molar-refractivity contribution is -0.125. The first kappa shape index (κ1) is 12.9. The van der Waals surface area contributed by atoms with Crippen molar-refractivity contribution < 1.29 is 9.53 Å². The van der Waals surface area contributed by atoms with Crippen LogP contribution in [0.3, 0.4) is 0 Å². The van der Waals surface area contributed by atoms with Crippen molar-refractivity contribution >= 4 is 5.91 Å². The first-order valence-corrected chi connectivity index (χ1v) is 6.43. The Morgan fingerprint density at radius 3 is 2.83 bits per heavy atom. The molecule has 1 amide bonds. The summed E-state index contributed by atoms with van der Waals surface area (Å²) < 4.78 is 5.52. The topological polar surface area (TPSA) is 50.4 Å². The van der Waals surface area contributed by atoms with Gasteiger partial charge in [0.15, 0.2) is 0 Å². The van der Waals surface area contributed by atoms with E-state index in [4.69, 9.17) is 4.74 Å². The van der Waals surface area contributed by atoms with Crippen LogP contribution in [0.5, 0.6) is 5.75 Å². The summed E-state index contributed by atoms with van der Waals surface area (Å²) in [5.41, 5.74) is 0. The number of hydrogen-bond acceptors (Lipinski definition) is 3. The molecule has 4 heteroatoms. The molecule has 0 spiro atoms. The largest absolute Gasteiger partial charge is 0.492 e.